The predicted molar refractivity (Wildman–Crippen MR) is 53.5 cm³/mol. The summed E-state index contributed by atoms with van der Waals surface area (Å²) in [6.45, 7) is 2.36. The van der Waals surface area contributed by atoms with E-state index >= 15 is 0 Å². The van der Waals surface area contributed by atoms with E-state index in [-0.39, 0.29) is 11.9 Å². The number of rotatable bonds is 2. The Hall–Kier alpha value is -0.570. The lowest BCUT2D eigenvalue weighted by molar-refractivity contribution is -0.150. The molecule has 2 N–H and O–H groups in total. The molecule has 2 aliphatic carbocycles. The third-order valence-electron chi connectivity index (χ3n) is 3.79. The lowest BCUT2D eigenvalue weighted by Crippen LogP contribution is -2.40. The van der Waals surface area contributed by atoms with Crippen LogP contribution < -0.4 is 5.73 Å². The van der Waals surface area contributed by atoms with Gasteiger partial charge in [0.25, 0.3) is 0 Å². The molecule has 80 valence electrons. The summed E-state index contributed by atoms with van der Waals surface area (Å²) in [5.41, 5.74) is 6.07. The fourth-order valence-corrected chi connectivity index (χ4v) is 3.03. The highest BCUT2D eigenvalue weighted by molar-refractivity contribution is 5.72. The van der Waals surface area contributed by atoms with Crippen molar-refractivity contribution in [3.8, 4) is 0 Å². The summed E-state index contributed by atoms with van der Waals surface area (Å²) >= 11 is 0. The first-order chi connectivity index (χ1) is 6.72. The third kappa shape index (κ3) is 1.65. The van der Waals surface area contributed by atoms with Crippen molar-refractivity contribution >= 4 is 5.97 Å². The average molecular weight is 197 g/mol. The van der Waals surface area contributed by atoms with E-state index in [1.807, 2.05) is 6.92 Å². The van der Waals surface area contributed by atoms with Crippen LogP contribution in [0, 0.1) is 17.8 Å². The Bertz CT molecular complexity index is 215. The predicted octanol–water partition coefficient (Wildman–Crippen LogP) is 1.31. The largest absolute Gasteiger partial charge is 0.466 e. The Kier molecular flexibility index (Phi) is 2.77. The number of carbonyl (C=O) groups is 1. The van der Waals surface area contributed by atoms with Crippen LogP contribution in [0.25, 0.3) is 0 Å². The van der Waals surface area contributed by atoms with Gasteiger partial charge in [0, 0.05) is 6.04 Å². The van der Waals surface area contributed by atoms with Crippen LogP contribution in [-0.4, -0.2) is 18.6 Å². The molecule has 14 heavy (non-hydrogen) atoms. The highest BCUT2D eigenvalue weighted by Gasteiger charge is 2.43. The van der Waals surface area contributed by atoms with Crippen molar-refractivity contribution in [2.24, 2.45) is 23.5 Å². The maximum absolute atomic E-state index is 11.6. The SMILES string of the molecule is CCOC(=O)[C@@H]1C[C@H]2CC[C@@H](C1)[C@@H]2N. The van der Waals surface area contributed by atoms with Crippen molar-refractivity contribution < 1.29 is 9.53 Å². The Morgan fingerprint density at radius 2 is 1.93 bits per heavy atom. The summed E-state index contributed by atoms with van der Waals surface area (Å²) < 4.78 is 5.06. The first kappa shape index (κ1) is 9.97. The minimum atomic E-state index is -0.00343. The molecule has 0 radical (unpaired) electrons. The minimum absolute atomic E-state index is 0.00343. The van der Waals surface area contributed by atoms with E-state index in [2.05, 4.69) is 0 Å². The molecule has 0 aromatic rings. The van der Waals surface area contributed by atoms with Crippen molar-refractivity contribution in [2.75, 3.05) is 6.61 Å². The molecule has 4 atom stereocenters. The molecule has 0 aromatic carbocycles. The Morgan fingerprint density at radius 3 is 2.43 bits per heavy atom. The van der Waals surface area contributed by atoms with E-state index < -0.39 is 0 Å². The fraction of sp³-hybridized carbons (Fsp3) is 0.909. The molecule has 2 aliphatic rings. The zero-order chi connectivity index (χ0) is 10.1. The quantitative estimate of drug-likeness (QED) is 0.679. The van der Waals surface area contributed by atoms with Gasteiger partial charge in [-0.2, -0.15) is 0 Å². The molecule has 2 saturated carbocycles. The molecule has 2 bridgehead atoms. The summed E-state index contributed by atoms with van der Waals surface area (Å²) in [6, 6.07) is 0.348. The first-order valence-electron chi connectivity index (χ1n) is 5.64. The van der Waals surface area contributed by atoms with Gasteiger partial charge in [-0.25, -0.2) is 0 Å². The summed E-state index contributed by atoms with van der Waals surface area (Å²) in [5, 5.41) is 0. The molecule has 0 spiro atoms. The van der Waals surface area contributed by atoms with Gasteiger partial charge in [-0.15, -0.1) is 0 Å². The van der Waals surface area contributed by atoms with Crippen molar-refractivity contribution in [3.05, 3.63) is 0 Å². The fourth-order valence-electron chi connectivity index (χ4n) is 3.03. The van der Waals surface area contributed by atoms with Crippen LogP contribution >= 0.6 is 0 Å². The molecular formula is C11H19NO2. The Balaban J connectivity index is 1.95. The van der Waals surface area contributed by atoms with E-state index in [4.69, 9.17) is 10.5 Å². The normalized spacial score (nSPS) is 41.0. The van der Waals surface area contributed by atoms with Gasteiger partial charge >= 0.3 is 5.97 Å². The molecule has 0 aliphatic heterocycles. The number of fused-ring (bicyclic) bond motifs is 2. The molecule has 0 amide bonds. The lowest BCUT2D eigenvalue weighted by atomic mass is 9.78. The van der Waals surface area contributed by atoms with Crippen molar-refractivity contribution in [1.82, 2.24) is 0 Å². The van der Waals surface area contributed by atoms with E-state index in [1.165, 1.54) is 12.8 Å². The topological polar surface area (TPSA) is 52.3 Å². The van der Waals surface area contributed by atoms with Gasteiger partial charge in [0.1, 0.15) is 0 Å². The second kappa shape index (κ2) is 3.89. The Morgan fingerprint density at radius 1 is 1.36 bits per heavy atom. The van der Waals surface area contributed by atoms with Crippen LogP contribution in [0.1, 0.15) is 32.6 Å². The van der Waals surface area contributed by atoms with Crippen molar-refractivity contribution in [1.29, 1.82) is 0 Å². The molecule has 3 nitrogen and oxygen atoms in total. The molecule has 0 heterocycles. The maximum Gasteiger partial charge on any atom is 0.308 e. The van der Waals surface area contributed by atoms with Crippen LogP contribution in [0.2, 0.25) is 0 Å². The van der Waals surface area contributed by atoms with Crippen molar-refractivity contribution in [3.63, 3.8) is 0 Å². The summed E-state index contributed by atoms with van der Waals surface area (Å²) in [4.78, 5) is 11.6. The molecule has 3 heteroatoms. The number of esters is 1. The van der Waals surface area contributed by atoms with Crippen LogP contribution in [-0.2, 0) is 9.53 Å². The van der Waals surface area contributed by atoms with Crippen molar-refractivity contribution in [2.45, 2.75) is 38.6 Å². The summed E-state index contributed by atoms with van der Waals surface area (Å²) in [5.74, 6) is 1.27. The number of carbonyl (C=O) groups excluding carboxylic acids is 1. The van der Waals surface area contributed by atoms with Crippen LogP contribution in [0.15, 0.2) is 0 Å². The van der Waals surface area contributed by atoms with Gasteiger partial charge in [-0.1, -0.05) is 0 Å². The maximum atomic E-state index is 11.6. The highest BCUT2D eigenvalue weighted by Crippen LogP contribution is 2.44. The van der Waals surface area contributed by atoms with Crippen LogP contribution in [0.3, 0.4) is 0 Å². The monoisotopic (exact) mass is 197 g/mol. The second-order valence-corrected chi connectivity index (χ2v) is 4.60. The van der Waals surface area contributed by atoms with E-state index in [0.29, 0.717) is 24.5 Å². The van der Waals surface area contributed by atoms with Gasteiger partial charge < -0.3 is 10.5 Å². The standard InChI is InChI=1S/C11H19NO2/c1-2-14-11(13)9-5-7-3-4-8(6-9)10(7)12/h7-10H,2-6,12H2,1H3/t7-,8+,9-,10-. The number of hydrogen-bond donors (Lipinski definition) is 1. The zero-order valence-electron chi connectivity index (χ0n) is 8.74. The first-order valence-corrected chi connectivity index (χ1v) is 5.64. The number of hydrogen-bond acceptors (Lipinski definition) is 3. The van der Waals surface area contributed by atoms with E-state index in [9.17, 15) is 4.79 Å². The lowest BCUT2D eigenvalue weighted by Gasteiger charge is -2.31. The third-order valence-corrected chi connectivity index (χ3v) is 3.79. The molecule has 2 rings (SSSR count). The summed E-state index contributed by atoms with van der Waals surface area (Å²) in [6.07, 6.45) is 4.33. The van der Waals surface area contributed by atoms with E-state index in [1.54, 1.807) is 0 Å². The number of nitrogens with two attached hydrogens (primary N) is 1. The minimum Gasteiger partial charge on any atom is -0.466 e. The molecular weight excluding hydrogens is 178 g/mol. The molecule has 2 fully saturated rings. The molecule has 0 saturated heterocycles. The van der Waals surface area contributed by atoms with Gasteiger partial charge in [0.2, 0.25) is 0 Å². The Labute approximate surface area is 85.0 Å². The second-order valence-electron chi connectivity index (χ2n) is 4.60. The van der Waals surface area contributed by atoms with Gasteiger partial charge in [0.05, 0.1) is 12.5 Å². The zero-order valence-corrected chi connectivity index (χ0v) is 8.74. The van der Waals surface area contributed by atoms with Gasteiger partial charge in [-0.05, 0) is 44.4 Å². The molecule has 0 aromatic heterocycles. The van der Waals surface area contributed by atoms with Gasteiger partial charge in [-0.3, -0.25) is 4.79 Å². The van der Waals surface area contributed by atoms with E-state index in [0.717, 1.165) is 12.8 Å². The smallest absolute Gasteiger partial charge is 0.308 e. The molecule has 0 unspecified atom stereocenters. The van der Waals surface area contributed by atoms with Crippen LogP contribution in [0.5, 0.6) is 0 Å². The highest BCUT2D eigenvalue weighted by atomic mass is 16.5. The van der Waals surface area contributed by atoms with Crippen LogP contribution in [0.4, 0.5) is 0 Å². The number of ether oxygens (including phenoxy) is 1. The average Bonchev–Trinajstić information content (AvgIpc) is 2.42. The van der Waals surface area contributed by atoms with Gasteiger partial charge in [0.15, 0.2) is 0 Å². The summed E-state index contributed by atoms with van der Waals surface area (Å²) in [7, 11) is 0.